The zero-order valence-corrected chi connectivity index (χ0v) is 11.1. The second-order valence-corrected chi connectivity index (χ2v) is 4.50. The van der Waals surface area contributed by atoms with E-state index in [-0.39, 0.29) is 6.10 Å². The summed E-state index contributed by atoms with van der Waals surface area (Å²) in [6.07, 6.45) is 3.95. The van der Waals surface area contributed by atoms with Gasteiger partial charge in [0.2, 0.25) is 0 Å². The summed E-state index contributed by atoms with van der Waals surface area (Å²) in [5.41, 5.74) is 1.06. The molecule has 0 fully saturated rings. The molecule has 1 aromatic heterocycles. The van der Waals surface area contributed by atoms with E-state index >= 15 is 0 Å². The van der Waals surface area contributed by atoms with E-state index in [1.54, 1.807) is 6.20 Å². The molecular formula is C14H19N3O. The summed E-state index contributed by atoms with van der Waals surface area (Å²) in [5.74, 6) is 1.91. The number of nitrogens with one attached hydrogen (secondary N) is 1. The normalized spacial score (nSPS) is 10.7. The highest BCUT2D eigenvalue weighted by atomic mass is 16.5. The van der Waals surface area contributed by atoms with Crippen molar-refractivity contribution in [2.24, 2.45) is 7.05 Å². The lowest BCUT2D eigenvalue weighted by molar-refractivity contribution is 0.242. The van der Waals surface area contributed by atoms with Crippen LogP contribution in [-0.4, -0.2) is 15.7 Å². The Morgan fingerprint density at radius 2 is 2.00 bits per heavy atom. The molecule has 2 aromatic rings. The molecule has 0 saturated heterocycles. The Balaban J connectivity index is 1.92. The summed E-state index contributed by atoms with van der Waals surface area (Å²) < 4.78 is 7.60. The lowest BCUT2D eigenvalue weighted by Gasteiger charge is -2.11. The van der Waals surface area contributed by atoms with Crippen LogP contribution >= 0.6 is 0 Å². The fourth-order valence-corrected chi connectivity index (χ4v) is 1.67. The zero-order valence-electron chi connectivity index (χ0n) is 11.1. The van der Waals surface area contributed by atoms with E-state index < -0.39 is 0 Å². The minimum atomic E-state index is 0.205. The van der Waals surface area contributed by atoms with Gasteiger partial charge in [0.15, 0.2) is 0 Å². The van der Waals surface area contributed by atoms with Crippen LogP contribution in [0.15, 0.2) is 36.7 Å². The highest BCUT2D eigenvalue weighted by Gasteiger charge is 2.00. The average molecular weight is 245 g/mol. The van der Waals surface area contributed by atoms with Crippen LogP contribution in [0.5, 0.6) is 5.75 Å². The van der Waals surface area contributed by atoms with Crippen molar-refractivity contribution in [3.63, 3.8) is 0 Å². The maximum absolute atomic E-state index is 5.59. The maximum atomic E-state index is 5.59. The van der Waals surface area contributed by atoms with Gasteiger partial charge in [0, 0.05) is 25.1 Å². The Labute approximate surface area is 108 Å². The highest BCUT2D eigenvalue weighted by molar-refractivity contribution is 5.46. The molecule has 18 heavy (non-hydrogen) atoms. The van der Waals surface area contributed by atoms with Gasteiger partial charge in [-0.05, 0) is 38.1 Å². The van der Waals surface area contributed by atoms with E-state index in [2.05, 4.69) is 10.3 Å². The molecule has 1 N–H and O–H groups in total. The largest absolute Gasteiger partial charge is 0.491 e. The number of hydrogen-bond acceptors (Lipinski definition) is 3. The highest BCUT2D eigenvalue weighted by Crippen LogP contribution is 2.17. The quantitative estimate of drug-likeness (QED) is 0.880. The molecule has 0 spiro atoms. The summed E-state index contributed by atoms with van der Waals surface area (Å²) in [4.78, 5) is 4.26. The van der Waals surface area contributed by atoms with Crippen LogP contribution in [0, 0.1) is 0 Å². The average Bonchev–Trinajstić information content (AvgIpc) is 2.73. The topological polar surface area (TPSA) is 39.1 Å². The van der Waals surface area contributed by atoms with Crippen LogP contribution in [0.4, 0.5) is 5.69 Å². The molecule has 96 valence electrons. The van der Waals surface area contributed by atoms with E-state index in [0.29, 0.717) is 6.54 Å². The van der Waals surface area contributed by atoms with Gasteiger partial charge in [0.1, 0.15) is 11.6 Å². The summed E-state index contributed by atoms with van der Waals surface area (Å²) in [7, 11) is 1.99. The minimum absolute atomic E-state index is 0.205. The number of imidazole rings is 1. The summed E-state index contributed by atoms with van der Waals surface area (Å²) in [6, 6.07) is 7.98. The number of rotatable bonds is 5. The monoisotopic (exact) mass is 245 g/mol. The first kappa shape index (κ1) is 12.5. The Bertz CT molecular complexity index is 488. The fourth-order valence-electron chi connectivity index (χ4n) is 1.67. The van der Waals surface area contributed by atoms with Gasteiger partial charge in [0.25, 0.3) is 0 Å². The second kappa shape index (κ2) is 5.58. The van der Waals surface area contributed by atoms with Crippen LogP contribution in [0.1, 0.15) is 19.7 Å². The number of aromatic nitrogens is 2. The number of benzene rings is 1. The van der Waals surface area contributed by atoms with Gasteiger partial charge in [-0.15, -0.1) is 0 Å². The number of aryl methyl sites for hydroxylation is 1. The summed E-state index contributed by atoms with van der Waals surface area (Å²) >= 11 is 0. The van der Waals surface area contributed by atoms with E-state index in [1.165, 1.54) is 0 Å². The molecule has 0 aliphatic carbocycles. The third-order valence-electron chi connectivity index (χ3n) is 2.60. The number of ether oxygens (including phenoxy) is 1. The standard InChI is InChI=1S/C14H19N3O/c1-11(2)18-13-6-4-12(5-7-13)16-10-14-15-8-9-17(14)3/h4-9,11,16H,10H2,1-3H3. The molecule has 4 heteroatoms. The van der Waals surface area contributed by atoms with E-state index in [4.69, 9.17) is 4.74 Å². The molecule has 4 nitrogen and oxygen atoms in total. The third kappa shape index (κ3) is 3.26. The molecule has 0 amide bonds. The predicted octanol–water partition coefficient (Wildman–Crippen LogP) is 2.82. The molecular weight excluding hydrogens is 226 g/mol. The van der Waals surface area contributed by atoms with Crippen molar-refractivity contribution >= 4 is 5.69 Å². The van der Waals surface area contributed by atoms with E-state index in [9.17, 15) is 0 Å². The number of hydrogen-bond donors (Lipinski definition) is 1. The Kier molecular flexibility index (Phi) is 3.87. The van der Waals surface area contributed by atoms with Gasteiger partial charge >= 0.3 is 0 Å². The lowest BCUT2D eigenvalue weighted by Crippen LogP contribution is -2.06. The first-order valence-electron chi connectivity index (χ1n) is 6.12. The first-order chi connectivity index (χ1) is 8.65. The molecule has 0 aliphatic rings. The molecule has 1 heterocycles. The smallest absolute Gasteiger partial charge is 0.127 e. The van der Waals surface area contributed by atoms with Crippen molar-refractivity contribution in [3.05, 3.63) is 42.5 Å². The molecule has 0 radical (unpaired) electrons. The van der Waals surface area contributed by atoms with Crippen LogP contribution in [0.25, 0.3) is 0 Å². The molecule has 0 saturated carbocycles. The molecule has 0 atom stereocenters. The number of nitrogens with zero attached hydrogens (tertiary/aromatic N) is 2. The van der Waals surface area contributed by atoms with Gasteiger partial charge in [-0.2, -0.15) is 0 Å². The number of anilines is 1. The lowest BCUT2D eigenvalue weighted by atomic mass is 10.3. The second-order valence-electron chi connectivity index (χ2n) is 4.50. The van der Waals surface area contributed by atoms with Crippen molar-refractivity contribution in [1.29, 1.82) is 0 Å². The molecule has 0 bridgehead atoms. The van der Waals surface area contributed by atoms with E-state index in [1.807, 2.05) is 55.9 Å². The van der Waals surface area contributed by atoms with Crippen molar-refractivity contribution < 1.29 is 4.74 Å². The third-order valence-corrected chi connectivity index (χ3v) is 2.60. The fraction of sp³-hybridized carbons (Fsp3) is 0.357. The molecule has 2 rings (SSSR count). The Hall–Kier alpha value is -1.97. The van der Waals surface area contributed by atoms with Crippen LogP contribution in [-0.2, 0) is 13.6 Å². The Morgan fingerprint density at radius 1 is 1.28 bits per heavy atom. The van der Waals surface area contributed by atoms with E-state index in [0.717, 1.165) is 17.3 Å². The van der Waals surface area contributed by atoms with Gasteiger partial charge in [-0.25, -0.2) is 4.98 Å². The van der Waals surface area contributed by atoms with Crippen molar-refractivity contribution in [1.82, 2.24) is 9.55 Å². The maximum Gasteiger partial charge on any atom is 0.127 e. The van der Waals surface area contributed by atoms with Crippen LogP contribution in [0.2, 0.25) is 0 Å². The first-order valence-corrected chi connectivity index (χ1v) is 6.12. The predicted molar refractivity (Wildman–Crippen MR) is 72.7 cm³/mol. The minimum Gasteiger partial charge on any atom is -0.491 e. The van der Waals surface area contributed by atoms with Crippen molar-refractivity contribution in [3.8, 4) is 5.75 Å². The van der Waals surface area contributed by atoms with Gasteiger partial charge in [0.05, 0.1) is 12.6 Å². The summed E-state index contributed by atoms with van der Waals surface area (Å²) in [5, 5.41) is 3.33. The molecule has 0 aliphatic heterocycles. The van der Waals surface area contributed by atoms with Gasteiger partial charge in [-0.1, -0.05) is 0 Å². The zero-order chi connectivity index (χ0) is 13.0. The Morgan fingerprint density at radius 3 is 2.56 bits per heavy atom. The summed E-state index contributed by atoms with van der Waals surface area (Å²) in [6.45, 7) is 4.76. The van der Waals surface area contributed by atoms with Crippen LogP contribution in [0.3, 0.4) is 0 Å². The van der Waals surface area contributed by atoms with Crippen LogP contribution < -0.4 is 10.1 Å². The van der Waals surface area contributed by atoms with Gasteiger partial charge in [-0.3, -0.25) is 0 Å². The molecule has 0 unspecified atom stereocenters. The van der Waals surface area contributed by atoms with Crippen molar-refractivity contribution in [2.75, 3.05) is 5.32 Å². The van der Waals surface area contributed by atoms with Gasteiger partial charge < -0.3 is 14.6 Å². The SMILES string of the molecule is CC(C)Oc1ccc(NCc2nccn2C)cc1. The van der Waals surface area contributed by atoms with Crippen molar-refractivity contribution in [2.45, 2.75) is 26.5 Å². The molecule has 1 aromatic carbocycles.